The number of azo groups is 1. The Morgan fingerprint density at radius 1 is 0.889 bits per heavy atom. The number of phenolic OH excluding ortho intramolecular Hbond substituents is 2. The Morgan fingerprint density at radius 2 is 1.56 bits per heavy atom. The van der Waals surface area contributed by atoms with Crippen LogP contribution < -0.4 is 0 Å². The van der Waals surface area contributed by atoms with E-state index in [2.05, 4.69) is 16.8 Å². The number of phenols is 2. The van der Waals surface area contributed by atoms with Crippen molar-refractivity contribution in [1.82, 2.24) is 0 Å². The molecule has 0 amide bonds. The summed E-state index contributed by atoms with van der Waals surface area (Å²) in [5.41, 5.74) is 1.49. The van der Waals surface area contributed by atoms with Crippen LogP contribution in [0.4, 0.5) is 11.4 Å². The van der Waals surface area contributed by atoms with Crippen LogP contribution >= 0.6 is 0 Å². The van der Waals surface area contributed by atoms with Crippen LogP contribution in [-0.4, -0.2) is 10.2 Å². The molecular formula is C14H12N2O2. The van der Waals surface area contributed by atoms with Gasteiger partial charge in [-0.1, -0.05) is 30.9 Å². The highest BCUT2D eigenvalue weighted by Gasteiger charge is 2.01. The molecule has 0 bridgehead atoms. The molecule has 2 aromatic carbocycles. The molecule has 2 N–H and O–H groups in total. The number of hydrogen-bond acceptors (Lipinski definition) is 4. The van der Waals surface area contributed by atoms with E-state index >= 15 is 0 Å². The van der Waals surface area contributed by atoms with E-state index < -0.39 is 0 Å². The van der Waals surface area contributed by atoms with Crippen molar-refractivity contribution in [3.05, 3.63) is 54.6 Å². The molecular weight excluding hydrogens is 228 g/mol. The number of aromatic hydroxyl groups is 2. The van der Waals surface area contributed by atoms with Crippen molar-refractivity contribution in [1.29, 1.82) is 0 Å². The second-order valence-electron chi connectivity index (χ2n) is 3.64. The van der Waals surface area contributed by atoms with Crippen molar-refractivity contribution >= 4 is 17.5 Å². The van der Waals surface area contributed by atoms with Crippen LogP contribution in [0, 0.1) is 0 Å². The third-order valence-electron chi connectivity index (χ3n) is 2.38. The molecule has 4 nitrogen and oxygen atoms in total. The fraction of sp³-hybridized carbons (Fsp3) is 0. The van der Waals surface area contributed by atoms with Crippen LogP contribution in [0.25, 0.3) is 6.08 Å². The summed E-state index contributed by atoms with van der Waals surface area (Å²) in [4.78, 5) is 0. The summed E-state index contributed by atoms with van der Waals surface area (Å²) in [5, 5.41) is 27.0. The molecule has 0 aliphatic heterocycles. The Morgan fingerprint density at radius 3 is 2.17 bits per heavy atom. The van der Waals surface area contributed by atoms with Crippen molar-refractivity contribution in [2.45, 2.75) is 0 Å². The van der Waals surface area contributed by atoms with Gasteiger partial charge in [0, 0.05) is 0 Å². The van der Waals surface area contributed by atoms with Crippen LogP contribution in [-0.2, 0) is 0 Å². The molecule has 90 valence electrons. The lowest BCUT2D eigenvalue weighted by Crippen LogP contribution is -1.72. The summed E-state index contributed by atoms with van der Waals surface area (Å²) in [6.07, 6.45) is 1.63. The van der Waals surface area contributed by atoms with Crippen LogP contribution in [0.15, 0.2) is 59.3 Å². The highest BCUT2D eigenvalue weighted by atomic mass is 16.3. The Balaban J connectivity index is 2.29. The first-order valence-corrected chi connectivity index (χ1v) is 5.36. The minimum absolute atomic E-state index is 0.0200. The predicted octanol–water partition coefficient (Wildman–Crippen LogP) is 4.16. The van der Waals surface area contributed by atoms with Gasteiger partial charge in [0.15, 0.2) is 0 Å². The third kappa shape index (κ3) is 2.55. The average Bonchev–Trinajstić information content (AvgIpc) is 2.39. The second kappa shape index (κ2) is 5.14. The normalized spacial score (nSPS) is 10.7. The summed E-state index contributed by atoms with van der Waals surface area (Å²) in [7, 11) is 0. The van der Waals surface area contributed by atoms with Crippen molar-refractivity contribution < 1.29 is 10.2 Å². The highest BCUT2D eigenvalue weighted by molar-refractivity contribution is 5.59. The Hall–Kier alpha value is -2.62. The van der Waals surface area contributed by atoms with E-state index in [0.717, 1.165) is 5.56 Å². The number of benzene rings is 2. The van der Waals surface area contributed by atoms with Gasteiger partial charge in [-0.15, -0.1) is 10.2 Å². The minimum atomic E-state index is 0.0200. The monoisotopic (exact) mass is 240 g/mol. The predicted molar refractivity (Wildman–Crippen MR) is 70.5 cm³/mol. The smallest absolute Gasteiger partial charge is 0.143 e. The lowest BCUT2D eigenvalue weighted by molar-refractivity contribution is 0.474. The molecule has 0 fully saturated rings. The van der Waals surface area contributed by atoms with Crippen LogP contribution in [0.2, 0.25) is 0 Å². The number of nitrogens with zero attached hydrogens (tertiary/aromatic N) is 2. The van der Waals surface area contributed by atoms with Gasteiger partial charge in [-0.05, 0) is 29.8 Å². The Labute approximate surface area is 105 Å². The fourth-order valence-electron chi connectivity index (χ4n) is 1.41. The topological polar surface area (TPSA) is 65.2 Å². The summed E-state index contributed by atoms with van der Waals surface area (Å²) in [6, 6.07) is 11.6. The molecule has 0 spiro atoms. The molecule has 0 aliphatic rings. The molecule has 0 unspecified atom stereocenters. The third-order valence-corrected chi connectivity index (χ3v) is 2.38. The number of rotatable bonds is 3. The minimum Gasteiger partial charge on any atom is -0.506 e. The summed E-state index contributed by atoms with van der Waals surface area (Å²) >= 11 is 0. The largest absolute Gasteiger partial charge is 0.506 e. The molecule has 0 heterocycles. The lowest BCUT2D eigenvalue weighted by atomic mass is 10.2. The molecule has 0 saturated heterocycles. The quantitative estimate of drug-likeness (QED) is 0.791. The first kappa shape index (κ1) is 11.9. The van der Waals surface area contributed by atoms with Gasteiger partial charge in [0.1, 0.15) is 22.9 Å². The fourth-order valence-corrected chi connectivity index (χ4v) is 1.41. The zero-order valence-corrected chi connectivity index (χ0v) is 9.61. The summed E-state index contributed by atoms with van der Waals surface area (Å²) in [5.74, 6) is 0.0648. The first-order valence-electron chi connectivity index (χ1n) is 5.36. The molecule has 18 heavy (non-hydrogen) atoms. The van der Waals surface area contributed by atoms with Crippen molar-refractivity contribution in [2.75, 3.05) is 0 Å². The van der Waals surface area contributed by atoms with E-state index in [9.17, 15) is 10.2 Å². The molecule has 0 aromatic heterocycles. The number of hydrogen-bond donors (Lipinski definition) is 2. The van der Waals surface area contributed by atoms with Crippen LogP contribution in [0.5, 0.6) is 11.5 Å². The molecule has 0 atom stereocenters. The van der Waals surface area contributed by atoms with E-state index in [1.807, 2.05) is 0 Å². The van der Waals surface area contributed by atoms with Gasteiger partial charge in [0.05, 0.1) is 0 Å². The highest BCUT2D eigenvalue weighted by Crippen LogP contribution is 2.31. The SMILES string of the molecule is C=Cc1ccc(N=Nc2ccccc2O)c(O)c1. The van der Waals surface area contributed by atoms with Gasteiger partial charge < -0.3 is 10.2 Å². The maximum absolute atomic E-state index is 9.71. The second-order valence-corrected chi connectivity index (χ2v) is 3.64. The van der Waals surface area contributed by atoms with E-state index in [4.69, 9.17) is 0 Å². The van der Waals surface area contributed by atoms with Crippen molar-refractivity contribution in [2.24, 2.45) is 10.2 Å². The van der Waals surface area contributed by atoms with Gasteiger partial charge in [0.2, 0.25) is 0 Å². The van der Waals surface area contributed by atoms with Crippen molar-refractivity contribution in [3.63, 3.8) is 0 Å². The van der Waals surface area contributed by atoms with E-state index in [1.165, 1.54) is 6.07 Å². The molecule has 0 saturated carbocycles. The molecule has 2 rings (SSSR count). The van der Waals surface area contributed by atoms with E-state index in [-0.39, 0.29) is 11.5 Å². The maximum Gasteiger partial charge on any atom is 0.143 e. The maximum atomic E-state index is 9.71. The van der Waals surface area contributed by atoms with Gasteiger partial charge >= 0.3 is 0 Å². The van der Waals surface area contributed by atoms with E-state index in [0.29, 0.717) is 11.4 Å². The zero-order chi connectivity index (χ0) is 13.0. The van der Waals surface area contributed by atoms with Gasteiger partial charge in [-0.2, -0.15) is 0 Å². The summed E-state index contributed by atoms with van der Waals surface area (Å²) in [6.45, 7) is 3.61. The van der Waals surface area contributed by atoms with Gasteiger partial charge in [-0.3, -0.25) is 0 Å². The average molecular weight is 240 g/mol. The van der Waals surface area contributed by atoms with Crippen LogP contribution in [0.3, 0.4) is 0 Å². The van der Waals surface area contributed by atoms with E-state index in [1.54, 1.807) is 42.5 Å². The van der Waals surface area contributed by atoms with Crippen molar-refractivity contribution in [3.8, 4) is 11.5 Å². The Bertz CT molecular complexity index is 606. The van der Waals surface area contributed by atoms with Gasteiger partial charge in [-0.25, -0.2) is 0 Å². The Kier molecular flexibility index (Phi) is 3.38. The first-order chi connectivity index (χ1) is 8.70. The molecule has 0 aliphatic carbocycles. The zero-order valence-electron chi connectivity index (χ0n) is 9.61. The molecule has 0 radical (unpaired) electrons. The summed E-state index contributed by atoms with van der Waals surface area (Å²) < 4.78 is 0. The lowest BCUT2D eigenvalue weighted by Gasteiger charge is -2.00. The number of para-hydroxylation sites is 1. The standard InChI is InChI=1S/C14H12N2O2/c1-2-10-7-8-12(14(18)9-10)16-15-11-5-3-4-6-13(11)17/h2-9,17-18H,1H2. The van der Waals surface area contributed by atoms with Gasteiger partial charge in [0.25, 0.3) is 0 Å². The van der Waals surface area contributed by atoms with Crippen LogP contribution in [0.1, 0.15) is 5.56 Å². The molecule has 2 aromatic rings. The molecule has 4 heteroatoms.